The standard InChI is InChI=1S/C12H17IO2/c1-10(2)9-14-7-8-15-12-5-3-11(13)4-6-12/h3-6,10H,7-9H2,1-2H3. The normalized spacial score (nSPS) is 10.7. The number of rotatable bonds is 6. The van der Waals surface area contributed by atoms with Crippen LogP contribution in [0.15, 0.2) is 24.3 Å². The highest BCUT2D eigenvalue weighted by atomic mass is 127. The molecule has 0 N–H and O–H groups in total. The van der Waals surface area contributed by atoms with Gasteiger partial charge in [-0.1, -0.05) is 13.8 Å². The van der Waals surface area contributed by atoms with E-state index in [1.54, 1.807) is 0 Å². The summed E-state index contributed by atoms with van der Waals surface area (Å²) in [4.78, 5) is 0. The van der Waals surface area contributed by atoms with Crippen LogP contribution in [-0.4, -0.2) is 19.8 Å². The highest BCUT2D eigenvalue weighted by Crippen LogP contribution is 2.13. The van der Waals surface area contributed by atoms with E-state index in [1.807, 2.05) is 24.3 Å². The van der Waals surface area contributed by atoms with Gasteiger partial charge in [-0.05, 0) is 52.8 Å². The summed E-state index contributed by atoms with van der Waals surface area (Å²) in [6.07, 6.45) is 0. The highest BCUT2D eigenvalue weighted by molar-refractivity contribution is 14.1. The van der Waals surface area contributed by atoms with Crippen LogP contribution in [0.3, 0.4) is 0 Å². The Labute approximate surface area is 105 Å². The average Bonchev–Trinajstić information content (AvgIpc) is 2.20. The molecule has 0 saturated carbocycles. The van der Waals surface area contributed by atoms with Gasteiger partial charge in [-0.25, -0.2) is 0 Å². The Bertz CT molecular complexity index is 269. The van der Waals surface area contributed by atoms with Gasteiger partial charge in [0.25, 0.3) is 0 Å². The predicted octanol–water partition coefficient (Wildman–Crippen LogP) is 3.34. The first-order valence-electron chi connectivity index (χ1n) is 5.14. The molecular formula is C12H17IO2. The Balaban J connectivity index is 2.12. The van der Waals surface area contributed by atoms with Gasteiger partial charge in [-0.3, -0.25) is 0 Å². The SMILES string of the molecule is CC(C)COCCOc1ccc(I)cc1. The molecule has 0 aromatic heterocycles. The molecular weight excluding hydrogens is 303 g/mol. The van der Waals surface area contributed by atoms with Crippen molar-refractivity contribution < 1.29 is 9.47 Å². The minimum atomic E-state index is 0.586. The third-order valence-corrected chi connectivity index (χ3v) is 2.48. The second kappa shape index (κ2) is 7.06. The summed E-state index contributed by atoms with van der Waals surface area (Å²) in [5, 5.41) is 0. The lowest BCUT2D eigenvalue weighted by Gasteiger charge is -2.08. The first kappa shape index (κ1) is 12.8. The maximum absolute atomic E-state index is 5.51. The molecule has 0 spiro atoms. The predicted molar refractivity (Wildman–Crippen MR) is 70.3 cm³/mol. The smallest absolute Gasteiger partial charge is 0.119 e. The monoisotopic (exact) mass is 320 g/mol. The lowest BCUT2D eigenvalue weighted by molar-refractivity contribution is 0.0819. The lowest BCUT2D eigenvalue weighted by Crippen LogP contribution is -2.10. The molecule has 0 heterocycles. The molecule has 0 aliphatic heterocycles. The molecule has 0 bridgehead atoms. The third kappa shape index (κ3) is 5.99. The lowest BCUT2D eigenvalue weighted by atomic mass is 10.2. The first-order valence-corrected chi connectivity index (χ1v) is 6.22. The van der Waals surface area contributed by atoms with Crippen LogP contribution < -0.4 is 4.74 Å². The van der Waals surface area contributed by atoms with E-state index in [2.05, 4.69) is 36.4 Å². The molecule has 0 unspecified atom stereocenters. The zero-order chi connectivity index (χ0) is 11.1. The molecule has 84 valence electrons. The second-order valence-electron chi connectivity index (χ2n) is 3.77. The molecule has 0 radical (unpaired) electrons. The Morgan fingerprint density at radius 1 is 1.13 bits per heavy atom. The van der Waals surface area contributed by atoms with E-state index < -0.39 is 0 Å². The van der Waals surface area contributed by atoms with Crippen molar-refractivity contribution >= 4 is 22.6 Å². The Kier molecular flexibility index (Phi) is 6.02. The molecule has 0 aliphatic carbocycles. The van der Waals surface area contributed by atoms with Crippen LogP contribution in [0.4, 0.5) is 0 Å². The molecule has 0 saturated heterocycles. The second-order valence-corrected chi connectivity index (χ2v) is 5.02. The molecule has 0 atom stereocenters. The number of hydrogen-bond donors (Lipinski definition) is 0. The number of benzene rings is 1. The maximum Gasteiger partial charge on any atom is 0.119 e. The molecule has 15 heavy (non-hydrogen) atoms. The fraction of sp³-hybridized carbons (Fsp3) is 0.500. The van der Waals surface area contributed by atoms with E-state index in [4.69, 9.17) is 9.47 Å². The molecule has 1 rings (SSSR count). The van der Waals surface area contributed by atoms with Gasteiger partial charge >= 0.3 is 0 Å². The van der Waals surface area contributed by atoms with Gasteiger partial charge in [0.1, 0.15) is 12.4 Å². The molecule has 0 fully saturated rings. The van der Waals surface area contributed by atoms with Crippen molar-refractivity contribution in [2.75, 3.05) is 19.8 Å². The Morgan fingerprint density at radius 2 is 1.80 bits per heavy atom. The van der Waals surface area contributed by atoms with Gasteiger partial charge in [-0.2, -0.15) is 0 Å². The average molecular weight is 320 g/mol. The van der Waals surface area contributed by atoms with E-state index >= 15 is 0 Å². The van der Waals surface area contributed by atoms with E-state index in [1.165, 1.54) is 3.57 Å². The van der Waals surface area contributed by atoms with E-state index in [9.17, 15) is 0 Å². The van der Waals surface area contributed by atoms with Gasteiger partial charge in [0, 0.05) is 10.2 Å². The summed E-state index contributed by atoms with van der Waals surface area (Å²) in [7, 11) is 0. The van der Waals surface area contributed by atoms with Crippen LogP contribution in [-0.2, 0) is 4.74 Å². The van der Waals surface area contributed by atoms with E-state index in [0.717, 1.165) is 12.4 Å². The van der Waals surface area contributed by atoms with Crippen LogP contribution in [0.1, 0.15) is 13.8 Å². The van der Waals surface area contributed by atoms with Crippen LogP contribution >= 0.6 is 22.6 Å². The Hall–Kier alpha value is -0.290. The highest BCUT2D eigenvalue weighted by Gasteiger charge is 1.95. The largest absolute Gasteiger partial charge is 0.491 e. The maximum atomic E-state index is 5.51. The van der Waals surface area contributed by atoms with Crippen molar-refractivity contribution in [2.45, 2.75) is 13.8 Å². The molecule has 3 heteroatoms. The summed E-state index contributed by atoms with van der Waals surface area (Å²) in [5.74, 6) is 1.49. The quantitative estimate of drug-likeness (QED) is 0.591. The van der Waals surface area contributed by atoms with E-state index in [-0.39, 0.29) is 0 Å². The van der Waals surface area contributed by atoms with Gasteiger partial charge in [0.2, 0.25) is 0 Å². The van der Waals surface area contributed by atoms with Gasteiger partial charge in [0.15, 0.2) is 0 Å². The fourth-order valence-electron chi connectivity index (χ4n) is 1.07. The summed E-state index contributed by atoms with van der Waals surface area (Å²) in [6, 6.07) is 8.02. The van der Waals surface area contributed by atoms with Gasteiger partial charge < -0.3 is 9.47 Å². The number of halogens is 1. The molecule has 1 aromatic rings. The summed E-state index contributed by atoms with van der Waals surface area (Å²) < 4.78 is 12.1. The van der Waals surface area contributed by atoms with Crippen molar-refractivity contribution in [3.63, 3.8) is 0 Å². The van der Waals surface area contributed by atoms with Crippen molar-refractivity contribution in [1.29, 1.82) is 0 Å². The van der Waals surface area contributed by atoms with Crippen molar-refractivity contribution in [1.82, 2.24) is 0 Å². The number of hydrogen-bond acceptors (Lipinski definition) is 2. The van der Waals surface area contributed by atoms with Gasteiger partial charge in [-0.15, -0.1) is 0 Å². The molecule has 2 nitrogen and oxygen atoms in total. The van der Waals surface area contributed by atoms with Gasteiger partial charge in [0.05, 0.1) is 6.61 Å². The molecule has 0 aliphatic rings. The summed E-state index contributed by atoms with van der Waals surface area (Å²) >= 11 is 2.27. The number of ether oxygens (including phenoxy) is 2. The third-order valence-electron chi connectivity index (χ3n) is 1.76. The molecule has 1 aromatic carbocycles. The van der Waals surface area contributed by atoms with Crippen LogP contribution in [0, 0.1) is 9.49 Å². The van der Waals surface area contributed by atoms with Crippen molar-refractivity contribution in [3.05, 3.63) is 27.8 Å². The Morgan fingerprint density at radius 3 is 2.40 bits per heavy atom. The van der Waals surface area contributed by atoms with Crippen molar-refractivity contribution in [3.8, 4) is 5.75 Å². The minimum absolute atomic E-state index is 0.586. The summed E-state index contributed by atoms with van der Waals surface area (Å²) in [5.41, 5.74) is 0. The zero-order valence-electron chi connectivity index (χ0n) is 9.20. The topological polar surface area (TPSA) is 18.5 Å². The zero-order valence-corrected chi connectivity index (χ0v) is 11.4. The van der Waals surface area contributed by atoms with Crippen LogP contribution in [0.2, 0.25) is 0 Å². The van der Waals surface area contributed by atoms with Crippen LogP contribution in [0.25, 0.3) is 0 Å². The fourth-order valence-corrected chi connectivity index (χ4v) is 1.43. The minimum Gasteiger partial charge on any atom is -0.491 e. The summed E-state index contributed by atoms with van der Waals surface area (Å²) in [6.45, 7) is 6.35. The van der Waals surface area contributed by atoms with Crippen LogP contribution in [0.5, 0.6) is 5.75 Å². The first-order chi connectivity index (χ1) is 7.18. The van der Waals surface area contributed by atoms with Crippen molar-refractivity contribution in [2.24, 2.45) is 5.92 Å². The molecule has 0 amide bonds. The van der Waals surface area contributed by atoms with E-state index in [0.29, 0.717) is 19.1 Å².